The van der Waals surface area contributed by atoms with Crippen LogP contribution in [-0.2, 0) is 4.79 Å². The van der Waals surface area contributed by atoms with Crippen LogP contribution in [0.5, 0.6) is 0 Å². The molecule has 0 heterocycles. The Hall–Kier alpha value is -0.610. The third-order valence-electron chi connectivity index (χ3n) is 4.46. The molecule has 104 valence electrons. The Balaban J connectivity index is 1.68. The molecular formula is C14H26N2O2. The molecule has 2 atom stereocenters. The molecule has 2 aliphatic carbocycles. The van der Waals surface area contributed by atoms with E-state index in [0.29, 0.717) is 18.9 Å². The molecule has 0 saturated heterocycles. The van der Waals surface area contributed by atoms with Gasteiger partial charge in [0.25, 0.3) is 0 Å². The highest BCUT2D eigenvalue weighted by atomic mass is 16.3. The molecule has 4 N–H and O–H groups in total. The summed E-state index contributed by atoms with van der Waals surface area (Å²) in [5, 5.41) is 12.4. The lowest BCUT2D eigenvalue weighted by atomic mass is 9.80. The molecule has 18 heavy (non-hydrogen) atoms. The van der Waals surface area contributed by atoms with E-state index in [0.717, 1.165) is 44.9 Å². The van der Waals surface area contributed by atoms with Crippen LogP contribution in [0.2, 0.25) is 0 Å². The van der Waals surface area contributed by atoms with E-state index in [1.165, 1.54) is 6.42 Å². The highest BCUT2D eigenvalue weighted by Gasteiger charge is 2.30. The molecular weight excluding hydrogens is 228 g/mol. The van der Waals surface area contributed by atoms with Crippen LogP contribution in [0.3, 0.4) is 0 Å². The van der Waals surface area contributed by atoms with Gasteiger partial charge >= 0.3 is 0 Å². The van der Waals surface area contributed by atoms with Crippen molar-refractivity contribution in [3.8, 4) is 0 Å². The monoisotopic (exact) mass is 254 g/mol. The minimum absolute atomic E-state index is 0.0841. The summed E-state index contributed by atoms with van der Waals surface area (Å²) in [6.07, 6.45) is 8.53. The minimum Gasteiger partial charge on any atom is -0.393 e. The van der Waals surface area contributed by atoms with Gasteiger partial charge in [-0.15, -0.1) is 0 Å². The second-order valence-electron chi connectivity index (χ2n) is 6.24. The fourth-order valence-corrected chi connectivity index (χ4v) is 3.31. The number of amides is 1. The van der Waals surface area contributed by atoms with E-state index in [1.807, 2.05) is 0 Å². The van der Waals surface area contributed by atoms with Gasteiger partial charge in [-0.3, -0.25) is 4.79 Å². The van der Waals surface area contributed by atoms with Gasteiger partial charge in [0.2, 0.25) is 5.91 Å². The Morgan fingerprint density at radius 2 is 2.00 bits per heavy atom. The zero-order valence-electron chi connectivity index (χ0n) is 11.2. The molecule has 0 aromatic carbocycles. The third-order valence-corrected chi connectivity index (χ3v) is 4.46. The van der Waals surface area contributed by atoms with Crippen LogP contribution in [-0.4, -0.2) is 29.2 Å². The number of hydrogen-bond donors (Lipinski definition) is 3. The third kappa shape index (κ3) is 3.95. The summed E-state index contributed by atoms with van der Waals surface area (Å²) in [4.78, 5) is 11.9. The first-order valence-electron chi connectivity index (χ1n) is 7.31. The van der Waals surface area contributed by atoms with Crippen LogP contribution in [0.25, 0.3) is 0 Å². The Kier molecular flexibility index (Phi) is 4.62. The summed E-state index contributed by atoms with van der Waals surface area (Å²) in [6.45, 7) is 0.700. The fourth-order valence-electron chi connectivity index (χ4n) is 3.31. The molecule has 0 bridgehead atoms. The Morgan fingerprint density at radius 3 is 2.61 bits per heavy atom. The minimum atomic E-state index is -0.266. The van der Waals surface area contributed by atoms with Gasteiger partial charge in [-0.2, -0.15) is 0 Å². The summed E-state index contributed by atoms with van der Waals surface area (Å²) < 4.78 is 0. The maximum absolute atomic E-state index is 11.9. The van der Waals surface area contributed by atoms with Crippen molar-refractivity contribution in [2.75, 3.05) is 6.54 Å². The van der Waals surface area contributed by atoms with Gasteiger partial charge in [0.15, 0.2) is 0 Å². The number of aliphatic hydroxyl groups is 1. The molecule has 2 fully saturated rings. The Labute approximate surface area is 109 Å². The molecule has 2 rings (SSSR count). The summed E-state index contributed by atoms with van der Waals surface area (Å²) in [5.74, 6) is 0.532. The van der Waals surface area contributed by atoms with Gasteiger partial charge in [-0.05, 0) is 38.0 Å². The number of hydrogen-bond acceptors (Lipinski definition) is 3. The zero-order valence-corrected chi connectivity index (χ0v) is 11.2. The highest BCUT2D eigenvalue weighted by Crippen LogP contribution is 2.29. The lowest BCUT2D eigenvalue weighted by molar-refractivity contribution is -0.122. The van der Waals surface area contributed by atoms with Crippen LogP contribution < -0.4 is 11.1 Å². The number of carbonyl (C=O) groups excluding carboxylic acids is 1. The van der Waals surface area contributed by atoms with Gasteiger partial charge in [-0.25, -0.2) is 0 Å². The predicted octanol–water partition coefficient (Wildman–Crippen LogP) is 1.32. The van der Waals surface area contributed by atoms with Crippen molar-refractivity contribution in [1.29, 1.82) is 0 Å². The summed E-state index contributed by atoms with van der Waals surface area (Å²) in [7, 11) is 0. The predicted molar refractivity (Wildman–Crippen MR) is 71.0 cm³/mol. The van der Waals surface area contributed by atoms with Crippen molar-refractivity contribution in [1.82, 2.24) is 5.32 Å². The first-order chi connectivity index (χ1) is 8.57. The van der Waals surface area contributed by atoms with Crippen LogP contribution in [0.4, 0.5) is 0 Å². The quantitative estimate of drug-likeness (QED) is 0.708. The summed E-state index contributed by atoms with van der Waals surface area (Å²) in [5.41, 5.74) is 6.00. The normalized spacial score (nSPS) is 31.2. The molecule has 0 spiro atoms. The SMILES string of the molecule is NC1(CC(=O)NCC2CCC(O)C2)CCCCC1. The molecule has 2 aliphatic rings. The Morgan fingerprint density at radius 1 is 1.28 bits per heavy atom. The van der Waals surface area contributed by atoms with Crippen molar-refractivity contribution >= 4 is 5.91 Å². The van der Waals surface area contributed by atoms with Crippen molar-refractivity contribution < 1.29 is 9.90 Å². The van der Waals surface area contributed by atoms with Crippen molar-refractivity contribution in [3.05, 3.63) is 0 Å². The average Bonchev–Trinajstić information content (AvgIpc) is 2.73. The molecule has 0 aromatic rings. The van der Waals surface area contributed by atoms with Crippen LogP contribution in [0.15, 0.2) is 0 Å². The largest absolute Gasteiger partial charge is 0.393 e. The lowest BCUT2D eigenvalue weighted by Gasteiger charge is -2.32. The number of nitrogens with one attached hydrogen (secondary N) is 1. The second kappa shape index (κ2) is 6.02. The van der Waals surface area contributed by atoms with Crippen molar-refractivity contribution in [2.24, 2.45) is 11.7 Å². The molecule has 0 aromatic heterocycles. The van der Waals surface area contributed by atoms with Gasteiger partial charge in [0, 0.05) is 18.5 Å². The van der Waals surface area contributed by atoms with E-state index in [-0.39, 0.29) is 17.6 Å². The number of carbonyl (C=O) groups is 1. The van der Waals surface area contributed by atoms with E-state index in [2.05, 4.69) is 5.32 Å². The molecule has 4 nitrogen and oxygen atoms in total. The van der Waals surface area contributed by atoms with E-state index in [1.54, 1.807) is 0 Å². The summed E-state index contributed by atoms with van der Waals surface area (Å²) >= 11 is 0. The highest BCUT2D eigenvalue weighted by molar-refractivity contribution is 5.77. The maximum Gasteiger partial charge on any atom is 0.221 e. The molecule has 0 aliphatic heterocycles. The maximum atomic E-state index is 11.9. The topological polar surface area (TPSA) is 75.4 Å². The standard InChI is InChI=1S/C14H26N2O2/c15-14(6-2-1-3-7-14)9-13(18)16-10-11-4-5-12(17)8-11/h11-12,17H,1-10,15H2,(H,16,18). The number of aliphatic hydroxyl groups excluding tert-OH is 1. The van der Waals surface area contributed by atoms with Gasteiger partial charge in [-0.1, -0.05) is 19.3 Å². The average molecular weight is 254 g/mol. The first-order valence-corrected chi connectivity index (χ1v) is 7.31. The van der Waals surface area contributed by atoms with Crippen molar-refractivity contribution in [2.45, 2.75) is 69.4 Å². The van der Waals surface area contributed by atoms with E-state index in [4.69, 9.17) is 5.73 Å². The lowest BCUT2D eigenvalue weighted by Crippen LogP contribution is -2.46. The van der Waals surface area contributed by atoms with Gasteiger partial charge in [0.05, 0.1) is 6.10 Å². The summed E-state index contributed by atoms with van der Waals surface area (Å²) in [6, 6.07) is 0. The van der Waals surface area contributed by atoms with Crippen LogP contribution in [0, 0.1) is 5.92 Å². The second-order valence-corrected chi connectivity index (χ2v) is 6.24. The Bertz CT molecular complexity index is 288. The van der Waals surface area contributed by atoms with Crippen molar-refractivity contribution in [3.63, 3.8) is 0 Å². The number of rotatable bonds is 4. The molecule has 4 heteroatoms. The van der Waals surface area contributed by atoms with Crippen LogP contribution >= 0.6 is 0 Å². The molecule has 1 amide bonds. The fraction of sp³-hybridized carbons (Fsp3) is 0.929. The van der Waals surface area contributed by atoms with E-state index >= 15 is 0 Å². The molecule has 2 saturated carbocycles. The van der Waals surface area contributed by atoms with E-state index in [9.17, 15) is 9.90 Å². The van der Waals surface area contributed by atoms with Gasteiger partial charge < -0.3 is 16.2 Å². The zero-order chi connectivity index (χ0) is 13.0. The smallest absolute Gasteiger partial charge is 0.221 e. The molecule has 2 unspecified atom stereocenters. The van der Waals surface area contributed by atoms with E-state index < -0.39 is 0 Å². The number of nitrogens with two attached hydrogens (primary N) is 1. The van der Waals surface area contributed by atoms with Crippen LogP contribution in [0.1, 0.15) is 57.8 Å². The van der Waals surface area contributed by atoms with Gasteiger partial charge in [0.1, 0.15) is 0 Å². The first kappa shape index (κ1) is 13.8. The molecule has 0 radical (unpaired) electrons.